The van der Waals surface area contributed by atoms with Crippen molar-refractivity contribution in [3.63, 3.8) is 0 Å². The number of nitrogens with zero attached hydrogens (tertiary/aromatic N) is 1. The van der Waals surface area contributed by atoms with E-state index in [-0.39, 0.29) is 43.3 Å². The van der Waals surface area contributed by atoms with Gasteiger partial charge in [0, 0.05) is 29.1 Å². The van der Waals surface area contributed by atoms with E-state index in [0.717, 1.165) is 10.5 Å². The van der Waals surface area contributed by atoms with Gasteiger partial charge in [-0.2, -0.15) is 13.2 Å². The van der Waals surface area contributed by atoms with Crippen LogP contribution in [0.3, 0.4) is 0 Å². The van der Waals surface area contributed by atoms with Gasteiger partial charge in [-0.05, 0) is 51.3 Å². The van der Waals surface area contributed by atoms with Crippen molar-refractivity contribution in [3.8, 4) is 0 Å². The largest absolute Gasteiger partial charge is 0.444 e. The number of hydrogen-bond acceptors (Lipinski definition) is 5. The molecule has 200 valence electrons. The zero-order valence-electron chi connectivity index (χ0n) is 21.1. The van der Waals surface area contributed by atoms with Gasteiger partial charge in [-0.25, -0.2) is 4.79 Å². The van der Waals surface area contributed by atoms with Crippen LogP contribution < -0.4 is 10.2 Å². The highest BCUT2D eigenvalue weighted by molar-refractivity contribution is 7.99. The zero-order valence-corrected chi connectivity index (χ0v) is 21.9. The molecule has 1 aliphatic heterocycles. The molecule has 0 saturated carbocycles. The minimum atomic E-state index is -4.24. The van der Waals surface area contributed by atoms with Crippen LogP contribution in [0.25, 0.3) is 0 Å². The number of hydrogen-bond donors (Lipinski definition) is 1. The van der Waals surface area contributed by atoms with Gasteiger partial charge in [0.2, 0.25) is 0 Å². The van der Waals surface area contributed by atoms with E-state index in [1.54, 1.807) is 39.0 Å². The van der Waals surface area contributed by atoms with E-state index in [1.807, 2.05) is 30.3 Å². The third-order valence-electron chi connectivity index (χ3n) is 5.53. The number of thioether (sulfide) groups is 1. The highest BCUT2D eigenvalue weighted by atomic mass is 32.2. The molecule has 3 rings (SSSR count). The Labute approximate surface area is 218 Å². The minimum absolute atomic E-state index is 0.0164. The lowest BCUT2D eigenvalue weighted by Crippen LogP contribution is -2.50. The highest BCUT2D eigenvalue weighted by Gasteiger charge is 2.33. The van der Waals surface area contributed by atoms with Crippen LogP contribution in [-0.4, -0.2) is 41.4 Å². The Kier molecular flexibility index (Phi) is 9.28. The van der Waals surface area contributed by atoms with E-state index in [1.165, 1.54) is 16.7 Å². The first-order valence-electron chi connectivity index (χ1n) is 12.0. The molecule has 0 saturated heterocycles. The van der Waals surface area contributed by atoms with Crippen molar-refractivity contribution in [3.05, 3.63) is 59.7 Å². The fourth-order valence-electron chi connectivity index (χ4n) is 3.81. The predicted molar refractivity (Wildman–Crippen MR) is 137 cm³/mol. The van der Waals surface area contributed by atoms with Gasteiger partial charge in [0.15, 0.2) is 5.78 Å². The number of fused-ring (bicyclic) bond motifs is 1. The molecule has 0 bridgehead atoms. The number of halogens is 3. The monoisotopic (exact) mass is 536 g/mol. The Balaban J connectivity index is 1.84. The van der Waals surface area contributed by atoms with E-state index in [9.17, 15) is 27.6 Å². The van der Waals surface area contributed by atoms with Crippen LogP contribution in [-0.2, 0) is 16.1 Å². The van der Waals surface area contributed by atoms with E-state index >= 15 is 0 Å². The fourth-order valence-corrected chi connectivity index (χ4v) is 4.87. The number of alkyl halides is 3. The van der Waals surface area contributed by atoms with Crippen LogP contribution in [0.1, 0.15) is 62.4 Å². The second-order valence-electron chi connectivity index (χ2n) is 9.85. The molecule has 2 aromatic rings. The third kappa shape index (κ3) is 8.80. The number of carbonyl (C=O) groups excluding carboxylic acids is 3. The van der Waals surface area contributed by atoms with Gasteiger partial charge >= 0.3 is 12.3 Å². The maximum absolute atomic E-state index is 13.7. The van der Waals surface area contributed by atoms with Gasteiger partial charge in [-0.1, -0.05) is 36.4 Å². The Morgan fingerprint density at radius 2 is 1.78 bits per heavy atom. The number of alkyl carbamates (subject to hydrolysis) is 1. The summed E-state index contributed by atoms with van der Waals surface area (Å²) in [5.74, 6) is -0.369. The van der Waals surface area contributed by atoms with Gasteiger partial charge in [-0.3, -0.25) is 9.59 Å². The highest BCUT2D eigenvalue weighted by Crippen LogP contribution is 2.36. The lowest BCUT2D eigenvalue weighted by molar-refractivity contribution is -0.135. The molecule has 37 heavy (non-hydrogen) atoms. The Morgan fingerprint density at radius 1 is 1.08 bits per heavy atom. The number of ketones is 1. The molecule has 1 atom stereocenters. The van der Waals surface area contributed by atoms with Crippen molar-refractivity contribution in [1.82, 2.24) is 5.32 Å². The topological polar surface area (TPSA) is 75.7 Å². The van der Waals surface area contributed by atoms with Gasteiger partial charge in [0.05, 0.1) is 12.2 Å². The number of amides is 2. The standard InChI is InChI=1S/C27H31F3N2O4S/c1-26(2,3)36-25(35)31-20-17-37-23-13-12-19(22(33)11-7-8-14-27(28,29)30)15-21(23)32(24(20)34)16-18-9-5-4-6-10-18/h4-6,9-10,12-13,15,20H,7-8,11,14,16-17H2,1-3H3,(H,31,35)/t20-/m0/s1. The van der Waals surface area contributed by atoms with Crippen LogP contribution >= 0.6 is 11.8 Å². The molecule has 2 aromatic carbocycles. The van der Waals surface area contributed by atoms with Crippen molar-refractivity contribution in [2.45, 2.75) is 75.7 Å². The summed E-state index contributed by atoms with van der Waals surface area (Å²) in [5.41, 5.74) is 0.977. The molecule has 0 fully saturated rings. The maximum Gasteiger partial charge on any atom is 0.408 e. The fraction of sp³-hybridized carbons (Fsp3) is 0.444. The van der Waals surface area contributed by atoms with Crippen LogP contribution in [0.2, 0.25) is 0 Å². The number of unbranched alkanes of at least 4 members (excludes halogenated alkanes) is 1. The molecular weight excluding hydrogens is 505 g/mol. The van der Waals surface area contributed by atoms with Gasteiger partial charge in [0.25, 0.3) is 5.91 Å². The average Bonchev–Trinajstić information content (AvgIpc) is 2.92. The number of anilines is 1. The SMILES string of the molecule is CC(C)(C)OC(=O)N[C@H]1CSc2ccc(C(=O)CCCCC(F)(F)F)cc2N(Cc2ccccc2)C1=O. The number of ether oxygens (including phenoxy) is 1. The summed E-state index contributed by atoms with van der Waals surface area (Å²) in [7, 11) is 0. The van der Waals surface area contributed by atoms with E-state index in [4.69, 9.17) is 4.74 Å². The van der Waals surface area contributed by atoms with E-state index in [0.29, 0.717) is 11.3 Å². The number of Topliss-reactive ketones (excluding diaryl/α,β-unsaturated/α-hetero) is 1. The van der Waals surface area contributed by atoms with Crippen molar-refractivity contribution in [1.29, 1.82) is 0 Å². The lowest BCUT2D eigenvalue weighted by atomic mass is 10.0. The normalized spacial score (nSPS) is 16.1. The molecule has 0 aliphatic carbocycles. The van der Waals surface area contributed by atoms with Crippen LogP contribution in [0.5, 0.6) is 0 Å². The maximum atomic E-state index is 13.7. The molecule has 2 amide bonds. The molecule has 1 N–H and O–H groups in total. The van der Waals surface area contributed by atoms with Crippen LogP contribution in [0.15, 0.2) is 53.4 Å². The van der Waals surface area contributed by atoms with Crippen LogP contribution in [0, 0.1) is 0 Å². The molecular formula is C27H31F3N2O4S. The van der Waals surface area contributed by atoms with Gasteiger partial charge in [-0.15, -0.1) is 11.8 Å². The zero-order chi connectivity index (χ0) is 27.2. The van der Waals surface area contributed by atoms with Crippen molar-refractivity contribution >= 4 is 35.2 Å². The summed E-state index contributed by atoms with van der Waals surface area (Å²) in [5, 5.41) is 2.67. The molecule has 1 aliphatic rings. The number of rotatable bonds is 8. The van der Waals surface area contributed by atoms with Gasteiger partial charge in [0.1, 0.15) is 11.6 Å². The quantitative estimate of drug-likeness (QED) is 0.307. The molecule has 6 nitrogen and oxygen atoms in total. The summed E-state index contributed by atoms with van der Waals surface area (Å²) >= 11 is 1.37. The first-order chi connectivity index (χ1) is 17.3. The van der Waals surface area contributed by atoms with E-state index in [2.05, 4.69) is 5.32 Å². The molecule has 0 unspecified atom stereocenters. The Bertz CT molecular complexity index is 1120. The minimum Gasteiger partial charge on any atom is -0.444 e. The summed E-state index contributed by atoms with van der Waals surface area (Å²) in [6.07, 6.45) is -5.88. The smallest absolute Gasteiger partial charge is 0.408 e. The number of benzene rings is 2. The van der Waals surface area contributed by atoms with Crippen molar-refractivity contribution in [2.24, 2.45) is 0 Å². The average molecular weight is 537 g/mol. The van der Waals surface area contributed by atoms with E-state index < -0.39 is 30.3 Å². The van der Waals surface area contributed by atoms with Crippen molar-refractivity contribution in [2.75, 3.05) is 10.7 Å². The lowest BCUT2D eigenvalue weighted by Gasteiger charge is -2.27. The summed E-state index contributed by atoms with van der Waals surface area (Å²) < 4.78 is 42.6. The molecule has 0 spiro atoms. The molecule has 10 heteroatoms. The third-order valence-corrected chi connectivity index (χ3v) is 6.69. The second kappa shape index (κ2) is 12.0. The van der Waals surface area contributed by atoms with Crippen LogP contribution in [0.4, 0.5) is 23.7 Å². The second-order valence-corrected chi connectivity index (χ2v) is 10.9. The Hall–Kier alpha value is -3.01. The molecule has 1 heterocycles. The van der Waals surface area contributed by atoms with Gasteiger partial charge < -0.3 is 15.0 Å². The van der Waals surface area contributed by atoms with Crippen molar-refractivity contribution < 1.29 is 32.3 Å². The first-order valence-corrected chi connectivity index (χ1v) is 13.0. The molecule has 0 aromatic heterocycles. The summed E-state index contributed by atoms with van der Waals surface area (Å²) in [6.45, 7) is 5.41. The number of carbonyl (C=O) groups is 3. The molecule has 0 radical (unpaired) electrons. The predicted octanol–water partition coefficient (Wildman–Crippen LogP) is 6.52. The first kappa shape index (κ1) is 28.6. The summed E-state index contributed by atoms with van der Waals surface area (Å²) in [4.78, 5) is 41.1. The Morgan fingerprint density at radius 3 is 2.43 bits per heavy atom. The summed E-state index contributed by atoms with van der Waals surface area (Å²) in [6, 6.07) is 13.4. The number of nitrogens with one attached hydrogen (secondary N) is 1.